The van der Waals surface area contributed by atoms with Crippen LogP contribution >= 0.6 is 0 Å². The highest BCUT2D eigenvalue weighted by molar-refractivity contribution is 7.91. The third-order valence-electron chi connectivity index (χ3n) is 5.99. The Labute approximate surface area is 236 Å². The number of alkyl halides is 1. The summed E-state index contributed by atoms with van der Waals surface area (Å²) in [6.45, 7) is 3.00. The normalized spacial score (nSPS) is 15.0. The zero-order chi connectivity index (χ0) is 29.4. The molecule has 4 N–H and O–H groups in total. The van der Waals surface area contributed by atoms with Crippen molar-refractivity contribution in [2.75, 3.05) is 23.5 Å². The van der Waals surface area contributed by atoms with Crippen molar-refractivity contribution in [3.8, 4) is 22.9 Å². The molecule has 5 rings (SSSR count). The maximum absolute atomic E-state index is 14.9. The average molecular weight is 587 g/mol. The quantitative estimate of drug-likeness (QED) is 0.271. The van der Waals surface area contributed by atoms with Crippen LogP contribution < -0.4 is 20.5 Å². The van der Waals surface area contributed by atoms with E-state index in [-0.39, 0.29) is 17.4 Å². The van der Waals surface area contributed by atoms with Crippen LogP contribution in [0, 0.1) is 18.6 Å². The van der Waals surface area contributed by atoms with Crippen LogP contribution in [-0.2, 0) is 15.8 Å². The topological polar surface area (TPSA) is 132 Å². The monoisotopic (exact) mass is 586 g/mol. The number of hydrogen-bond donors (Lipinski definition) is 3. The molecular weight excluding hydrogens is 557 g/mol. The number of nitrogens with zero attached hydrogens (tertiary/aromatic N) is 3. The van der Waals surface area contributed by atoms with Crippen LogP contribution in [0.25, 0.3) is 11.3 Å². The number of benzene rings is 2. The summed E-state index contributed by atoms with van der Waals surface area (Å²) in [7, 11) is -4.00. The summed E-state index contributed by atoms with van der Waals surface area (Å²) in [5.74, 6) is -3.66. The minimum Gasteiger partial charge on any atom is -0.435 e. The zero-order valence-corrected chi connectivity index (χ0v) is 23.0. The maximum atomic E-state index is 14.9. The molecule has 1 unspecified atom stereocenters. The minimum absolute atomic E-state index is 0.0208. The molecule has 0 radical (unpaired) electrons. The fraction of sp³-hybridized carbons (Fsp3) is 0.250. The molecule has 1 fully saturated rings. The second-order valence-electron chi connectivity index (χ2n) is 9.24. The lowest BCUT2D eigenvalue weighted by atomic mass is 10.1. The first-order valence-corrected chi connectivity index (χ1v) is 14.4. The largest absolute Gasteiger partial charge is 0.435 e. The van der Waals surface area contributed by atoms with E-state index >= 15 is 0 Å². The first-order valence-electron chi connectivity index (χ1n) is 12.7. The Morgan fingerprint density at radius 1 is 1.07 bits per heavy atom. The summed E-state index contributed by atoms with van der Waals surface area (Å²) in [5, 5.41) is 2.96. The van der Waals surface area contributed by atoms with E-state index in [1.807, 2.05) is 0 Å². The third kappa shape index (κ3) is 8.14. The van der Waals surface area contributed by atoms with Crippen molar-refractivity contribution in [2.45, 2.75) is 31.7 Å². The summed E-state index contributed by atoms with van der Waals surface area (Å²) in [6, 6.07) is 14.3. The molecule has 1 aliphatic heterocycles. The number of nitrogen functional groups attached to an aromatic ring is 1. The van der Waals surface area contributed by atoms with E-state index < -0.39 is 45.0 Å². The fourth-order valence-corrected chi connectivity index (χ4v) is 5.28. The SMILES string of the molecule is Cc1cc(Oc2ncccc2-c2ccnc(N)n2)c(F)c(F)c1NS(=O)(=O)Cc1ccccc1.FC1CCCNC1. The predicted molar refractivity (Wildman–Crippen MR) is 151 cm³/mol. The molecule has 4 aromatic rings. The number of sulfonamides is 1. The molecule has 216 valence electrons. The summed E-state index contributed by atoms with van der Waals surface area (Å²) in [6.07, 6.45) is 4.04. The van der Waals surface area contributed by atoms with E-state index in [2.05, 4.69) is 25.0 Å². The van der Waals surface area contributed by atoms with Gasteiger partial charge in [-0.05, 0) is 61.7 Å². The van der Waals surface area contributed by atoms with Gasteiger partial charge < -0.3 is 15.8 Å². The van der Waals surface area contributed by atoms with Gasteiger partial charge >= 0.3 is 0 Å². The molecule has 2 aromatic carbocycles. The molecule has 0 spiro atoms. The fourth-order valence-electron chi connectivity index (χ4n) is 4.01. The molecule has 0 saturated carbocycles. The average Bonchev–Trinajstić information content (AvgIpc) is 2.95. The minimum atomic E-state index is -4.00. The second kappa shape index (κ2) is 13.4. The third-order valence-corrected chi connectivity index (χ3v) is 7.22. The van der Waals surface area contributed by atoms with Crippen LogP contribution in [0.1, 0.15) is 24.0 Å². The summed E-state index contributed by atoms with van der Waals surface area (Å²) in [4.78, 5) is 12.0. The van der Waals surface area contributed by atoms with Crippen LogP contribution in [-0.4, -0.2) is 42.6 Å². The Balaban J connectivity index is 0.000000483. The van der Waals surface area contributed by atoms with Crippen molar-refractivity contribution in [1.82, 2.24) is 20.3 Å². The molecule has 0 amide bonds. The number of ether oxygens (including phenoxy) is 1. The molecule has 1 saturated heterocycles. The van der Waals surface area contributed by atoms with Crippen LogP contribution in [0.4, 0.5) is 24.8 Å². The molecular formula is C28H29F3N6O3S. The highest BCUT2D eigenvalue weighted by Crippen LogP contribution is 2.36. The maximum Gasteiger partial charge on any atom is 0.237 e. The number of aromatic nitrogens is 3. The lowest BCUT2D eigenvalue weighted by molar-refractivity contribution is 0.266. The van der Waals surface area contributed by atoms with Gasteiger partial charge in [-0.2, -0.15) is 4.39 Å². The molecule has 0 aliphatic carbocycles. The number of hydrogen-bond acceptors (Lipinski definition) is 8. The smallest absolute Gasteiger partial charge is 0.237 e. The number of pyridine rings is 1. The van der Waals surface area contributed by atoms with Gasteiger partial charge in [0.15, 0.2) is 11.6 Å². The van der Waals surface area contributed by atoms with Gasteiger partial charge in [-0.1, -0.05) is 30.3 Å². The van der Waals surface area contributed by atoms with Crippen molar-refractivity contribution in [1.29, 1.82) is 0 Å². The summed E-state index contributed by atoms with van der Waals surface area (Å²) < 4.78 is 74.7. The Hall–Kier alpha value is -4.23. The van der Waals surface area contributed by atoms with Gasteiger partial charge in [-0.3, -0.25) is 4.72 Å². The van der Waals surface area contributed by atoms with E-state index in [1.54, 1.807) is 48.5 Å². The van der Waals surface area contributed by atoms with Gasteiger partial charge in [0.2, 0.25) is 27.7 Å². The Morgan fingerprint density at radius 2 is 1.85 bits per heavy atom. The molecule has 3 heterocycles. The van der Waals surface area contributed by atoms with Crippen molar-refractivity contribution in [3.05, 3.63) is 89.8 Å². The number of piperidine rings is 1. The molecule has 1 aliphatic rings. The molecule has 0 bridgehead atoms. The molecule has 1 atom stereocenters. The lowest BCUT2D eigenvalue weighted by Crippen LogP contribution is -2.30. The van der Waals surface area contributed by atoms with Crippen molar-refractivity contribution in [3.63, 3.8) is 0 Å². The van der Waals surface area contributed by atoms with Crippen molar-refractivity contribution >= 4 is 21.7 Å². The van der Waals surface area contributed by atoms with E-state index in [4.69, 9.17) is 10.5 Å². The number of rotatable bonds is 7. The van der Waals surface area contributed by atoms with Gasteiger partial charge in [-0.15, -0.1) is 0 Å². The van der Waals surface area contributed by atoms with Crippen LogP contribution in [0.5, 0.6) is 11.6 Å². The van der Waals surface area contributed by atoms with Crippen LogP contribution in [0.2, 0.25) is 0 Å². The van der Waals surface area contributed by atoms with Gasteiger partial charge in [0.05, 0.1) is 22.7 Å². The van der Waals surface area contributed by atoms with Crippen LogP contribution in [0.15, 0.2) is 67.0 Å². The Kier molecular flexibility index (Phi) is 9.73. The predicted octanol–water partition coefficient (Wildman–Crippen LogP) is 5.15. The summed E-state index contributed by atoms with van der Waals surface area (Å²) in [5.41, 5.74) is 6.51. The number of nitrogens with one attached hydrogen (secondary N) is 2. The first kappa shape index (κ1) is 29.7. The number of anilines is 2. The Morgan fingerprint density at radius 3 is 2.51 bits per heavy atom. The summed E-state index contributed by atoms with van der Waals surface area (Å²) >= 11 is 0. The molecule has 13 heteroatoms. The standard InChI is InChI=1S/C23H19F2N5O3S.C5H10FN/c1-14-12-18(33-22-16(8-5-10-27-22)17-9-11-28-23(26)29-17)19(24)20(25)21(14)30-34(31,32)13-15-6-3-2-4-7-15;6-5-2-1-3-7-4-5/h2-12,30H,13H2,1H3,(H2,26,28,29);5,7H,1-4H2. The van der Waals surface area contributed by atoms with Crippen molar-refractivity contribution < 1.29 is 26.3 Å². The first-order chi connectivity index (χ1) is 19.6. The van der Waals surface area contributed by atoms with Gasteiger partial charge in [0, 0.05) is 18.9 Å². The highest BCUT2D eigenvalue weighted by atomic mass is 32.2. The number of halogens is 3. The van der Waals surface area contributed by atoms with E-state index in [9.17, 15) is 21.6 Å². The van der Waals surface area contributed by atoms with Gasteiger partial charge in [-0.25, -0.2) is 32.2 Å². The van der Waals surface area contributed by atoms with Crippen molar-refractivity contribution in [2.24, 2.45) is 0 Å². The molecule has 9 nitrogen and oxygen atoms in total. The lowest BCUT2D eigenvalue weighted by Gasteiger charge is -2.15. The Bertz CT molecular complexity index is 1590. The molecule has 41 heavy (non-hydrogen) atoms. The zero-order valence-electron chi connectivity index (χ0n) is 22.1. The van der Waals surface area contributed by atoms with Gasteiger partial charge in [0.25, 0.3) is 0 Å². The van der Waals surface area contributed by atoms with Crippen LogP contribution in [0.3, 0.4) is 0 Å². The number of aryl methyl sites for hydroxylation is 1. The number of nitrogens with two attached hydrogens (primary N) is 1. The van der Waals surface area contributed by atoms with E-state index in [1.165, 1.54) is 25.4 Å². The highest BCUT2D eigenvalue weighted by Gasteiger charge is 2.23. The second-order valence-corrected chi connectivity index (χ2v) is 11.0. The van der Waals surface area contributed by atoms with Gasteiger partial charge in [0.1, 0.15) is 6.17 Å². The molecule has 2 aromatic heterocycles. The van der Waals surface area contributed by atoms with E-state index in [0.717, 1.165) is 19.4 Å². The van der Waals surface area contributed by atoms with E-state index in [0.29, 0.717) is 23.4 Å².